The second-order valence-electron chi connectivity index (χ2n) is 7.77. The first-order chi connectivity index (χ1) is 10.1. The lowest BCUT2D eigenvalue weighted by molar-refractivity contribution is 0.230. The van der Waals surface area contributed by atoms with Crippen LogP contribution in [-0.4, -0.2) is 0 Å². The lowest BCUT2D eigenvalue weighted by Gasteiger charge is -2.36. The molecule has 0 aliphatic heterocycles. The monoisotopic (exact) mass is 348 g/mol. The molecule has 1 heteroatoms. The summed E-state index contributed by atoms with van der Waals surface area (Å²) < 4.78 is 0. The van der Waals surface area contributed by atoms with Gasteiger partial charge in [-0.2, -0.15) is 0 Å². The molecule has 0 saturated heterocycles. The highest BCUT2D eigenvalue weighted by Gasteiger charge is 2.41. The second kappa shape index (κ2) is 6.44. The van der Waals surface area contributed by atoms with E-state index >= 15 is 0 Å². The molecule has 1 atom stereocenters. The predicted octanol–water partition coefficient (Wildman–Crippen LogP) is 6.61. The SMILES string of the molecule is CC(C)CC1(C(Br)c2ccc3c(c2)CCCC3)CCCC1. The molecule has 1 unspecified atom stereocenters. The molecule has 1 aromatic rings. The summed E-state index contributed by atoms with van der Waals surface area (Å²) in [7, 11) is 0. The zero-order valence-electron chi connectivity index (χ0n) is 13.6. The summed E-state index contributed by atoms with van der Waals surface area (Å²) in [5, 5.41) is 0. The Bertz CT molecular complexity index is 483. The van der Waals surface area contributed by atoms with E-state index in [-0.39, 0.29) is 0 Å². The van der Waals surface area contributed by atoms with E-state index in [1.54, 1.807) is 16.7 Å². The van der Waals surface area contributed by atoms with Crippen LogP contribution in [0.4, 0.5) is 0 Å². The van der Waals surface area contributed by atoms with Gasteiger partial charge in [-0.05, 0) is 73.0 Å². The molecule has 0 N–H and O–H groups in total. The van der Waals surface area contributed by atoms with Crippen LogP contribution in [0.2, 0.25) is 0 Å². The standard InChI is InChI=1S/C20H29Br/c1-15(2)14-20(11-5-6-12-20)19(21)18-10-9-16-7-3-4-8-17(16)13-18/h9-10,13,15,19H,3-8,11-12,14H2,1-2H3. The molecule has 1 aromatic carbocycles. The van der Waals surface area contributed by atoms with Gasteiger partial charge in [-0.25, -0.2) is 0 Å². The molecule has 2 aliphatic rings. The van der Waals surface area contributed by atoms with Gasteiger partial charge in [0, 0.05) is 4.83 Å². The van der Waals surface area contributed by atoms with Gasteiger partial charge in [-0.1, -0.05) is 60.8 Å². The average Bonchev–Trinajstić information content (AvgIpc) is 2.95. The molecule has 21 heavy (non-hydrogen) atoms. The van der Waals surface area contributed by atoms with Crippen LogP contribution in [0.5, 0.6) is 0 Å². The molecule has 0 radical (unpaired) electrons. The number of hydrogen-bond donors (Lipinski definition) is 0. The lowest BCUT2D eigenvalue weighted by atomic mass is 9.73. The minimum Gasteiger partial charge on any atom is -0.0833 e. The second-order valence-corrected chi connectivity index (χ2v) is 8.68. The van der Waals surface area contributed by atoms with E-state index < -0.39 is 0 Å². The quantitative estimate of drug-likeness (QED) is 0.537. The molecule has 0 aromatic heterocycles. The highest BCUT2D eigenvalue weighted by molar-refractivity contribution is 9.09. The zero-order valence-corrected chi connectivity index (χ0v) is 15.2. The van der Waals surface area contributed by atoms with E-state index in [0.717, 1.165) is 5.92 Å². The van der Waals surface area contributed by atoms with Crippen molar-refractivity contribution >= 4 is 15.9 Å². The first-order valence-corrected chi connectivity index (χ1v) is 9.78. The van der Waals surface area contributed by atoms with Crippen molar-refractivity contribution in [3.63, 3.8) is 0 Å². The normalized spacial score (nSPS) is 22.3. The van der Waals surface area contributed by atoms with E-state index in [4.69, 9.17) is 0 Å². The minimum atomic E-state index is 0.497. The number of hydrogen-bond acceptors (Lipinski definition) is 0. The van der Waals surface area contributed by atoms with Gasteiger partial charge in [0.25, 0.3) is 0 Å². The van der Waals surface area contributed by atoms with Gasteiger partial charge in [-0.15, -0.1) is 0 Å². The van der Waals surface area contributed by atoms with Crippen molar-refractivity contribution in [2.75, 3.05) is 0 Å². The summed E-state index contributed by atoms with van der Waals surface area (Å²) in [6, 6.07) is 7.34. The van der Waals surface area contributed by atoms with Crippen molar-refractivity contribution in [2.45, 2.75) is 76.5 Å². The summed E-state index contributed by atoms with van der Waals surface area (Å²) in [6.07, 6.45) is 12.3. The maximum atomic E-state index is 4.13. The van der Waals surface area contributed by atoms with Crippen LogP contribution in [0.15, 0.2) is 18.2 Å². The van der Waals surface area contributed by atoms with Crippen molar-refractivity contribution in [1.29, 1.82) is 0 Å². The number of aryl methyl sites for hydroxylation is 2. The van der Waals surface area contributed by atoms with Crippen LogP contribution >= 0.6 is 15.9 Å². The summed E-state index contributed by atoms with van der Waals surface area (Å²) in [5.74, 6) is 0.792. The molecule has 116 valence electrons. The van der Waals surface area contributed by atoms with Crippen molar-refractivity contribution in [3.05, 3.63) is 34.9 Å². The third kappa shape index (κ3) is 3.23. The first-order valence-electron chi connectivity index (χ1n) is 8.86. The number of alkyl halides is 1. The Balaban J connectivity index is 1.87. The summed E-state index contributed by atoms with van der Waals surface area (Å²) in [5.41, 5.74) is 5.27. The van der Waals surface area contributed by atoms with Crippen LogP contribution in [0.25, 0.3) is 0 Å². The van der Waals surface area contributed by atoms with E-state index in [1.165, 1.54) is 57.8 Å². The lowest BCUT2D eigenvalue weighted by Crippen LogP contribution is -2.24. The molecule has 0 nitrogen and oxygen atoms in total. The Hall–Kier alpha value is -0.300. The van der Waals surface area contributed by atoms with Gasteiger partial charge in [0.2, 0.25) is 0 Å². The van der Waals surface area contributed by atoms with Crippen molar-refractivity contribution in [2.24, 2.45) is 11.3 Å². The van der Waals surface area contributed by atoms with Crippen molar-refractivity contribution < 1.29 is 0 Å². The fraction of sp³-hybridized carbons (Fsp3) is 0.700. The number of benzene rings is 1. The van der Waals surface area contributed by atoms with Gasteiger partial charge >= 0.3 is 0 Å². The van der Waals surface area contributed by atoms with E-state index in [0.29, 0.717) is 10.2 Å². The third-order valence-corrected chi connectivity index (χ3v) is 7.12. The predicted molar refractivity (Wildman–Crippen MR) is 95.1 cm³/mol. The van der Waals surface area contributed by atoms with Crippen LogP contribution in [0, 0.1) is 11.3 Å². The highest BCUT2D eigenvalue weighted by Crippen LogP contribution is 2.55. The number of fused-ring (bicyclic) bond motifs is 1. The maximum Gasteiger partial charge on any atom is 0.0451 e. The van der Waals surface area contributed by atoms with Crippen LogP contribution in [-0.2, 0) is 12.8 Å². The molecular weight excluding hydrogens is 320 g/mol. The minimum absolute atomic E-state index is 0.497. The molecule has 2 aliphatic carbocycles. The van der Waals surface area contributed by atoms with Gasteiger partial charge in [0.15, 0.2) is 0 Å². The van der Waals surface area contributed by atoms with Gasteiger partial charge < -0.3 is 0 Å². The maximum absolute atomic E-state index is 4.13. The fourth-order valence-electron chi connectivity index (χ4n) is 4.72. The summed E-state index contributed by atoms with van der Waals surface area (Å²) in [4.78, 5) is 0.544. The summed E-state index contributed by atoms with van der Waals surface area (Å²) in [6.45, 7) is 4.76. The molecule has 3 rings (SSSR count). The number of halogens is 1. The van der Waals surface area contributed by atoms with Crippen molar-refractivity contribution in [1.82, 2.24) is 0 Å². The molecular formula is C20H29Br. The molecule has 0 bridgehead atoms. The summed E-state index contributed by atoms with van der Waals surface area (Å²) >= 11 is 4.13. The average molecular weight is 349 g/mol. The van der Waals surface area contributed by atoms with Crippen LogP contribution in [0.1, 0.15) is 80.3 Å². The Labute approximate surface area is 138 Å². The van der Waals surface area contributed by atoms with Gasteiger partial charge in [-0.3, -0.25) is 0 Å². The first kappa shape index (κ1) is 15.6. The largest absolute Gasteiger partial charge is 0.0833 e. The molecule has 0 spiro atoms. The Morgan fingerprint density at radius 2 is 1.67 bits per heavy atom. The molecule has 1 saturated carbocycles. The zero-order chi connectivity index (χ0) is 14.9. The molecule has 1 fully saturated rings. The van der Waals surface area contributed by atoms with E-state index in [9.17, 15) is 0 Å². The molecule has 0 heterocycles. The molecule has 0 amide bonds. The third-order valence-electron chi connectivity index (χ3n) is 5.62. The van der Waals surface area contributed by atoms with Gasteiger partial charge in [0.1, 0.15) is 0 Å². The van der Waals surface area contributed by atoms with Gasteiger partial charge in [0.05, 0.1) is 0 Å². The highest BCUT2D eigenvalue weighted by atomic mass is 79.9. The van der Waals surface area contributed by atoms with Crippen LogP contribution < -0.4 is 0 Å². The Morgan fingerprint density at radius 1 is 1.00 bits per heavy atom. The van der Waals surface area contributed by atoms with E-state index in [1.807, 2.05) is 0 Å². The van der Waals surface area contributed by atoms with Crippen molar-refractivity contribution in [3.8, 4) is 0 Å². The van der Waals surface area contributed by atoms with Crippen LogP contribution in [0.3, 0.4) is 0 Å². The smallest absolute Gasteiger partial charge is 0.0451 e. The fourth-order valence-corrected chi connectivity index (χ4v) is 5.65. The van der Waals surface area contributed by atoms with E-state index in [2.05, 4.69) is 48.0 Å². The Morgan fingerprint density at radius 3 is 2.33 bits per heavy atom. The topological polar surface area (TPSA) is 0 Å². The number of rotatable bonds is 4. The Kier molecular flexibility index (Phi) is 4.78.